The Morgan fingerprint density at radius 1 is 1.30 bits per heavy atom. The number of sulfonamides is 1. The van der Waals surface area contributed by atoms with Crippen LogP contribution in [0, 0.1) is 0 Å². The number of rotatable bonds is 5. The molecule has 1 fully saturated rings. The minimum Gasteiger partial charge on any atom is -0.324 e. The Labute approximate surface area is 157 Å². The van der Waals surface area contributed by atoms with Gasteiger partial charge in [-0.25, -0.2) is 22.2 Å². The number of piperidine rings is 1. The highest BCUT2D eigenvalue weighted by atomic mass is 32.2. The lowest BCUT2D eigenvalue weighted by molar-refractivity contribution is -0.117. The van der Waals surface area contributed by atoms with Gasteiger partial charge in [-0.05, 0) is 25.0 Å². The zero-order valence-electron chi connectivity index (χ0n) is 15.3. The fourth-order valence-electron chi connectivity index (χ4n) is 3.28. The maximum absolute atomic E-state index is 12.5. The minimum absolute atomic E-state index is 0.176. The Morgan fingerprint density at radius 3 is 2.67 bits per heavy atom. The van der Waals surface area contributed by atoms with E-state index >= 15 is 0 Å². The van der Waals surface area contributed by atoms with Crippen molar-refractivity contribution in [3.8, 4) is 0 Å². The molecule has 27 heavy (non-hydrogen) atoms. The molecule has 0 spiro atoms. The van der Waals surface area contributed by atoms with Crippen molar-refractivity contribution in [2.75, 3.05) is 24.7 Å². The Morgan fingerprint density at radius 2 is 2.00 bits per heavy atom. The van der Waals surface area contributed by atoms with Crippen LogP contribution in [-0.4, -0.2) is 52.3 Å². The third-order valence-corrected chi connectivity index (χ3v) is 5.91. The molecule has 1 amide bonds. The van der Waals surface area contributed by atoms with Crippen LogP contribution in [0.5, 0.6) is 0 Å². The first-order valence-corrected chi connectivity index (χ1v) is 10.5. The molecule has 1 saturated heterocycles. The molecule has 1 aliphatic heterocycles. The number of anilines is 1. The molecule has 1 aliphatic rings. The number of hydrogen-bond acceptors (Lipinski definition) is 5. The van der Waals surface area contributed by atoms with Crippen LogP contribution < -0.4 is 11.0 Å². The molecule has 10 heteroatoms. The smallest absolute Gasteiger partial charge is 0.324 e. The van der Waals surface area contributed by atoms with E-state index in [0.29, 0.717) is 31.0 Å². The number of amides is 1. The Kier molecular flexibility index (Phi) is 5.47. The highest BCUT2D eigenvalue weighted by Crippen LogP contribution is 2.26. The molecule has 0 unspecified atom stereocenters. The third-order valence-electron chi connectivity index (χ3n) is 4.64. The summed E-state index contributed by atoms with van der Waals surface area (Å²) >= 11 is 0. The van der Waals surface area contributed by atoms with Gasteiger partial charge in [0.15, 0.2) is 0 Å². The molecule has 2 aromatic rings. The maximum atomic E-state index is 12.5. The predicted octanol–water partition coefficient (Wildman–Crippen LogP) is 0.360. The Hall–Kier alpha value is -2.46. The zero-order chi connectivity index (χ0) is 19.6. The molecule has 9 nitrogen and oxygen atoms in total. The fraction of sp³-hybridized carbons (Fsp3) is 0.471. The average molecular weight is 393 g/mol. The second kappa shape index (κ2) is 7.65. The van der Waals surface area contributed by atoms with E-state index in [1.807, 2.05) is 6.07 Å². The lowest BCUT2D eigenvalue weighted by Crippen LogP contribution is -2.39. The summed E-state index contributed by atoms with van der Waals surface area (Å²) in [7, 11) is -1.70. The first kappa shape index (κ1) is 19.3. The molecule has 1 aromatic carbocycles. The molecule has 1 aromatic heterocycles. The molecule has 0 saturated carbocycles. The summed E-state index contributed by atoms with van der Waals surface area (Å²) in [6, 6.07) is 8.96. The van der Waals surface area contributed by atoms with E-state index in [-0.39, 0.29) is 18.4 Å². The maximum Gasteiger partial charge on any atom is 0.346 e. The standard InChI is InChI=1S/C17H23N5O4S/c1-20-16(13-7-6-10-21(11-13)27(2,25)26)19-22(17(20)24)12-15(23)18-14-8-4-3-5-9-14/h3-5,8-9,13H,6-7,10-12H2,1-2H3,(H,18,23)/t13-/m0/s1. The monoisotopic (exact) mass is 393 g/mol. The van der Waals surface area contributed by atoms with Crippen molar-refractivity contribution >= 4 is 21.6 Å². The largest absolute Gasteiger partial charge is 0.346 e. The van der Waals surface area contributed by atoms with Crippen molar-refractivity contribution < 1.29 is 13.2 Å². The van der Waals surface area contributed by atoms with Gasteiger partial charge in [0.1, 0.15) is 12.4 Å². The Balaban J connectivity index is 1.76. The van der Waals surface area contributed by atoms with Gasteiger partial charge in [0.2, 0.25) is 15.9 Å². The van der Waals surface area contributed by atoms with Gasteiger partial charge < -0.3 is 5.32 Å². The van der Waals surface area contributed by atoms with Crippen molar-refractivity contribution in [3.63, 3.8) is 0 Å². The second-order valence-electron chi connectivity index (χ2n) is 6.73. The molecule has 0 aliphatic carbocycles. The first-order chi connectivity index (χ1) is 12.8. The predicted molar refractivity (Wildman–Crippen MR) is 101 cm³/mol. The average Bonchev–Trinajstić information content (AvgIpc) is 2.90. The van der Waals surface area contributed by atoms with Crippen molar-refractivity contribution in [3.05, 3.63) is 46.6 Å². The second-order valence-corrected chi connectivity index (χ2v) is 8.71. The highest BCUT2D eigenvalue weighted by Gasteiger charge is 2.30. The molecule has 1 N–H and O–H groups in total. The minimum atomic E-state index is -3.29. The van der Waals surface area contributed by atoms with Crippen LogP contribution in [0.4, 0.5) is 5.69 Å². The summed E-state index contributed by atoms with van der Waals surface area (Å²) in [6.07, 6.45) is 2.63. The summed E-state index contributed by atoms with van der Waals surface area (Å²) < 4.78 is 27.6. The van der Waals surface area contributed by atoms with Gasteiger partial charge in [-0.2, -0.15) is 5.10 Å². The van der Waals surface area contributed by atoms with Gasteiger partial charge in [0, 0.05) is 31.7 Å². The van der Waals surface area contributed by atoms with E-state index in [1.165, 1.54) is 15.1 Å². The van der Waals surface area contributed by atoms with Gasteiger partial charge >= 0.3 is 5.69 Å². The quantitative estimate of drug-likeness (QED) is 0.789. The summed E-state index contributed by atoms with van der Waals surface area (Å²) in [4.78, 5) is 24.7. The van der Waals surface area contributed by atoms with Crippen molar-refractivity contribution in [1.29, 1.82) is 0 Å². The number of carbonyl (C=O) groups is 1. The van der Waals surface area contributed by atoms with Crippen LogP contribution >= 0.6 is 0 Å². The van der Waals surface area contributed by atoms with Gasteiger partial charge in [0.25, 0.3) is 0 Å². The van der Waals surface area contributed by atoms with Gasteiger partial charge in [0.05, 0.1) is 6.26 Å². The molecule has 146 valence electrons. The number of aromatic nitrogens is 3. The number of para-hydroxylation sites is 1. The van der Waals surface area contributed by atoms with Crippen LogP contribution in [0.15, 0.2) is 35.1 Å². The third kappa shape index (κ3) is 4.45. The number of carbonyl (C=O) groups excluding carboxylic acids is 1. The Bertz CT molecular complexity index is 980. The highest BCUT2D eigenvalue weighted by molar-refractivity contribution is 7.88. The number of benzene rings is 1. The zero-order valence-corrected chi connectivity index (χ0v) is 16.1. The van der Waals surface area contributed by atoms with Crippen LogP contribution in [0.25, 0.3) is 0 Å². The van der Waals surface area contributed by atoms with E-state index in [9.17, 15) is 18.0 Å². The van der Waals surface area contributed by atoms with Crippen molar-refractivity contribution in [2.24, 2.45) is 7.05 Å². The van der Waals surface area contributed by atoms with E-state index in [1.54, 1.807) is 31.3 Å². The van der Waals surface area contributed by atoms with Gasteiger partial charge in [-0.15, -0.1) is 0 Å². The summed E-state index contributed by atoms with van der Waals surface area (Å²) in [5, 5.41) is 7.03. The van der Waals surface area contributed by atoms with Crippen LogP contribution in [-0.2, 0) is 28.4 Å². The van der Waals surface area contributed by atoms with Crippen molar-refractivity contribution in [2.45, 2.75) is 25.3 Å². The van der Waals surface area contributed by atoms with Crippen LogP contribution in [0.2, 0.25) is 0 Å². The van der Waals surface area contributed by atoms with Gasteiger partial charge in [-0.3, -0.25) is 9.36 Å². The summed E-state index contributed by atoms with van der Waals surface area (Å²) in [5.41, 5.74) is 0.243. The lowest BCUT2D eigenvalue weighted by atomic mass is 9.99. The van der Waals surface area contributed by atoms with E-state index < -0.39 is 15.7 Å². The molecule has 0 radical (unpaired) electrons. The molecule has 1 atom stereocenters. The molecular formula is C17H23N5O4S. The summed E-state index contributed by atoms with van der Waals surface area (Å²) in [6.45, 7) is 0.562. The summed E-state index contributed by atoms with van der Waals surface area (Å²) in [5.74, 6) is -0.0279. The van der Waals surface area contributed by atoms with Crippen LogP contribution in [0.1, 0.15) is 24.6 Å². The molecule has 2 heterocycles. The molecule has 3 rings (SSSR count). The topological polar surface area (TPSA) is 106 Å². The first-order valence-electron chi connectivity index (χ1n) is 8.69. The number of hydrogen-bond donors (Lipinski definition) is 1. The molecular weight excluding hydrogens is 370 g/mol. The van der Waals surface area contributed by atoms with Gasteiger partial charge in [-0.1, -0.05) is 18.2 Å². The molecule has 0 bridgehead atoms. The number of nitrogens with zero attached hydrogens (tertiary/aromatic N) is 4. The van der Waals surface area contributed by atoms with E-state index in [4.69, 9.17) is 0 Å². The van der Waals surface area contributed by atoms with E-state index in [0.717, 1.165) is 11.1 Å². The SMILES string of the molecule is Cn1c([C@H]2CCCN(S(C)(=O)=O)C2)nn(CC(=O)Nc2ccccc2)c1=O. The fourth-order valence-corrected chi connectivity index (χ4v) is 4.19. The van der Waals surface area contributed by atoms with Crippen molar-refractivity contribution in [1.82, 2.24) is 18.7 Å². The number of nitrogens with one attached hydrogen (secondary N) is 1. The normalized spacial score (nSPS) is 18.4. The van der Waals surface area contributed by atoms with E-state index in [2.05, 4.69) is 10.4 Å². The van der Waals surface area contributed by atoms with Crippen LogP contribution in [0.3, 0.4) is 0 Å². The lowest BCUT2D eigenvalue weighted by Gasteiger charge is -2.30.